The number of benzene rings is 2. The van der Waals surface area contributed by atoms with Gasteiger partial charge in [-0.25, -0.2) is 14.9 Å². The van der Waals surface area contributed by atoms with Gasteiger partial charge in [-0.2, -0.15) is 0 Å². The number of amidine groups is 1. The van der Waals surface area contributed by atoms with Crippen LogP contribution in [0.15, 0.2) is 59.4 Å². The molecule has 2 N–H and O–H groups in total. The Hall–Kier alpha value is -3.76. The molecule has 1 amide bonds. The van der Waals surface area contributed by atoms with Crippen molar-refractivity contribution in [2.45, 2.75) is 32.2 Å². The van der Waals surface area contributed by atoms with E-state index >= 15 is 0 Å². The highest BCUT2D eigenvalue weighted by molar-refractivity contribution is 5.97. The van der Waals surface area contributed by atoms with Crippen LogP contribution in [-0.4, -0.2) is 25.2 Å². The second-order valence-electron chi connectivity index (χ2n) is 6.98. The number of carbonyl (C=O) groups is 1. The normalized spacial score (nSPS) is 14.2. The first kappa shape index (κ1) is 23.9. The number of hydrogen-bond acceptors (Lipinski definition) is 6. The maximum atomic E-state index is 14.1. The Kier molecular flexibility index (Phi) is 7.41. The number of carbonyl (C=O) groups excluding carboxylic acids is 1. The summed E-state index contributed by atoms with van der Waals surface area (Å²) in [5, 5.41) is 2.68. The molecule has 1 aliphatic rings. The maximum Gasteiger partial charge on any atom is 0.573 e. The van der Waals surface area contributed by atoms with Crippen LogP contribution in [-0.2, 0) is 16.1 Å². The Bertz CT molecular complexity index is 1050. The van der Waals surface area contributed by atoms with E-state index in [-0.39, 0.29) is 11.3 Å². The van der Waals surface area contributed by atoms with Gasteiger partial charge in [0.1, 0.15) is 11.6 Å². The molecule has 7 nitrogen and oxygen atoms in total. The fourth-order valence-electron chi connectivity index (χ4n) is 3.06. The molecule has 176 valence electrons. The van der Waals surface area contributed by atoms with Gasteiger partial charge in [0.2, 0.25) is 0 Å². The molecule has 0 saturated carbocycles. The zero-order chi connectivity index (χ0) is 24.0. The van der Waals surface area contributed by atoms with Crippen LogP contribution in [0, 0.1) is 5.82 Å². The number of rotatable bonds is 8. The molecule has 3 rings (SSSR count). The minimum Gasteiger partial charge on any atom is -0.497 e. The number of halogens is 4. The van der Waals surface area contributed by atoms with Crippen molar-refractivity contribution in [2.75, 3.05) is 7.11 Å². The molecule has 0 radical (unpaired) electrons. The third kappa shape index (κ3) is 6.61. The standard InChI is InChI=1S/C22H21F4N3O4/c1-3-17(14-6-9-19(16(23)11-14)33-22(24,25)26)28-21(30)18-12-32-29-20(27-18)10-13-4-7-15(31-2)8-5-13/h4-9,11-12,17H,3,10H2,1-2H3,(H,27,29)(H,28,30)/t17-/m1/s1. The highest BCUT2D eigenvalue weighted by Gasteiger charge is 2.32. The van der Waals surface area contributed by atoms with E-state index in [0.717, 1.165) is 24.0 Å². The smallest absolute Gasteiger partial charge is 0.497 e. The monoisotopic (exact) mass is 467 g/mol. The summed E-state index contributed by atoms with van der Waals surface area (Å²) in [6.45, 7) is 1.73. The molecule has 1 heterocycles. The van der Waals surface area contributed by atoms with Crippen LogP contribution < -0.4 is 20.3 Å². The molecule has 0 spiro atoms. The number of nitrogens with one attached hydrogen (secondary N) is 2. The highest BCUT2D eigenvalue weighted by Crippen LogP contribution is 2.28. The minimum atomic E-state index is -5.01. The average molecular weight is 467 g/mol. The fraction of sp³-hybridized carbons (Fsp3) is 0.273. The van der Waals surface area contributed by atoms with Crippen molar-refractivity contribution in [2.24, 2.45) is 4.99 Å². The van der Waals surface area contributed by atoms with Crippen molar-refractivity contribution in [1.82, 2.24) is 10.8 Å². The van der Waals surface area contributed by atoms with Gasteiger partial charge in [0.15, 0.2) is 23.5 Å². The van der Waals surface area contributed by atoms with Gasteiger partial charge in [-0.3, -0.25) is 4.79 Å². The number of methoxy groups -OCH3 is 1. The summed E-state index contributed by atoms with van der Waals surface area (Å²) >= 11 is 0. The summed E-state index contributed by atoms with van der Waals surface area (Å²) in [6.07, 6.45) is -3.18. The summed E-state index contributed by atoms with van der Waals surface area (Å²) < 4.78 is 59.8. The zero-order valence-corrected chi connectivity index (χ0v) is 17.7. The SMILES string of the molecule is CC[C@@H](NC(=O)C1=CONC(Cc2ccc(OC)cc2)=N1)c1ccc(OC(F)(F)F)c(F)c1. The number of aliphatic imine (C=N–C) groups is 1. The molecule has 2 aromatic carbocycles. The lowest BCUT2D eigenvalue weighted by atomic mass is 10.0. The highest BCUT2D eigenvalue weighted by atomic mass is 19.4. The lowest BCUT2D eigenvalue weighted by molar-refractivity contribution is -0.275. The molecule has 0 fully saturated rings. The Labute approximate surface area is 187 Å². The predicted molar refractivity (Wildman–Crippen MR) is 111 cm³/mol. The van der Waals surface area contributed by atoms with Crippen LogP contribution in [0.5, 0.6) is 11.5 Å². The van der Waals surface area contributed by atoms with Gasteiger partial charge in [0.05, 0.1) is 13.2 Å². The second kappa shape index (κ2) is 10.2. The maximum absolute atomic E-state index is 14.1. The van der Waals surface area contributed by atoms with Crippen LogP contribution in [0.2, 0.25) is 0 Å². The average Bonchev–Trinajstić information content (AvgIpc) is 2.78. The molecular formula is C22H21F4N3O4. The molecule has 2 aromatic rings. The molecule has 1 aliphatic heterocycles. The molecule has 1 atom stereocenters. The van der Waals surface area contributed by atoms with Gasteiger partial charge in [0, 0.05) is 6.42 Å². The molecule has 0 unspecified atom stereocenters. The summed E-state index contributed by atoms with van der Waals surface area (Å²) in [6, 6.07) is 9.60. The third-order valence-electron chi connectivity index (χ3n) is 4.66. The second-order valence-corrected chi connectivity index (χ2v) is 6.98. The van der Waals surface area contributed by atoms with Gasteiger partial charge in [-0.1, -0.05) is 25.1 Å². The van der Waals surface area contributed by atoms with Crippen LogP contribution in [0.4, 0.5) is 17.6 Å². The number of hydrogen-bond donors (Lipinski definition) is 2. The molecular weight excluding hydrogens is 446 g/mol. The van der Waals surface area contributed by atoms with Crippen LogP contribution in [0.3, 0.4) is 0 Å². The number of nitrogens with zero attached hydrogens (tertiary/aromatic N) is 1. The van der Waals surface area contributed by atoms with Crippen molar-refractivity contribution in [1.29, 1.82) is 0 Å². The fourth-order valence-corrected chi connectivity index (χ4v) is 3.06. The first-order valence-electron chi connectivity index (χ1n) is 9.87. The van der Waals surface area contributed by atoms with Crippen molar-refractivity contribution >= 4 is 11.7 Å². The van der Waals surface area contributed by atoms with Gasteiger partial charge in [-0.05, 0) is 41.8 Å². The largest absolute Gasteiger partial charge is 0.573 e. The third-order valence-corrected chi connectivity index (χ3v) is 4.66. The van der Waals surface area contributed by atoms with Crippen molar-refractivity contribution in [3.8, 4) is 11.5 Å². The van der Waals surface area contributed by atoms with Crippen LogP contribution in [0.1, 0.15) is 30.5 Å². The van der Waals surface area contributed by atoms with E-state index in [4.69, 9.17) is 9.57 Å². The summed E-state index contributed by atoms with van der Waals surface area (Å²) in [5.74, 6) is -1.64. The van der Waals surface area contributed by atoms with E-state index in [1.807, 2.05) is 12.1 Å². The summed E-state index contributed by atoms with van der Waals surface area (Å²) in [4.78, 5) is 22.1. The lowest BCUT2D eigenvalue weighted by Crippen LogP contribution is -2.33. The van der Waals surface area contributed by atoms with Gasteiger partial charge >= 0.3 is 6.36 Å². The summed E-state index contributed by atoms with van der Waals surface area (Å²) in [7, 11) is 1.56. The van der Waals surface area contributed by atoms with E-state index in [9.17, 15) is 22.4 Å². The first-order valence-corrected chi connectivity index (χ1v) is 9.87. The Morgan fingerprint density at radius 1 is 1.21 bits per heavy atom. The molecule has 0 bridgehead atoms. The number of amides is 1. The van der Waals surface area contributed by atoms with Crippen LogP contribution >= 0.6 is 0 Å². The number of ether oxygens (including phenoxy) is 2. The minimum absolute atomic E-state index is 0.0202. The first-order chi connectivity index (χ1) is 15.7. The Morgan fingerprint density at radius 2 is 1.94 bits per heavy atom. The van der Waals surface area contributed by atoms with Crippen molar-refractivity contribution < 1.29 is 36.7 Å². The van der Waals surface area contributed by atoms with E-state index in [1.165, 1.54) is 6.07 Å². The van der Waals surface area contributed by atoms with Gasteiger partial charge < -0.3 is 19.6 Å². The molecule has 0 saturated heterocycles. The topological polar surface area (TPSA) is 81.2 Å². The van der Waals surface area contributed by atoms with E-state index < -0.39 is 29.9 Å². The zero-order valence-electron chi connectivity index (χ0n) is 17.7. The lowest BCUT2D eigenvalue weighted by Gasteiger charge is -2.20. The van der Waals surface area contributed by atoms with Crippen molar-refractivity contribution in [3.05, 3.63) is 71.4 Å². The Morgan fingerprint density at radius 3 is 2.55 bits per heavy atom. The summed E-state index contributed by atoms with van der Waals surface area (Å²) in [5.41, 5.74) is 3.77. The Balaban J connectivity index is 1.68. The number of hydroxylamine groups is 1. The molecule has 0 aliphatic carbocycles. The van der Waals surface area contributed by atoms with Crippen molar-refractivity contribution in [3.63, 3.8) is 0 Å². The van der Waals surface area contributed by atoms with E-state index in [0.29, 0.717) is 24.4 Å². The quantitative estimate of drug-likeness (QED) is 0.566. The molecule has 33 heavy (non-hydrogen) atoms. The predicted octanol–water partition coefficient (Wildman–Crippen LogP) is 4.32. The van der Waals surface area contributed by atoms with Gasteiger partial charge in [-0.15, -0.1) is 13.2 Å². The van der Waals surface area contributed by atoms with E-state index in [1.54, 1.807) is 26.2 Å². The van der Waals surface area contributed by atoms with Gasteiger partial charge in [0.25, 0.3) is 5.91 Å². The molecule has 11 heteroatoms. The molecule has 0 aromatic heterocycles. The van der Waals surface area contributed by atoms with Crippen LogP contribution in [0.25, 0.3) is 0 Å². The van der Waals surface area contributed by atoms with E-state index in [2.05, 4.69) is 20.5 Å². The number of alkyl halides is 3.